The molecule has 1 radical (unpaired) electrons. The molecule has 25 nitrogen and oxygen atoms in total. The van der Waals surface area contributed by atoms with Crippen LogP contribution in [-0.2, 0) is 57.5 Å². The largest absolute Gasteiger partial charge is 1.00 e. The molecule has 0 aliphatic heterocycles. The minimum absolute atomic E-state index is 0. The number of azo groups is 3. The fourth-order valence-corrected chi connectivity index (χ4v) is 8.39. The van der Waals surface area contributed by atoms with E-state index in [2.05, 4.69) is 35.8 Å². The number of aromatic hydroxyl groups is 3. The first-order chi connectivity index (χ1) is 30.3. The Morgan fingerprint density at radius 2 is 1.06 bits per heavy atom. The molecule has 1 aromatic heterocycles. The zero-order valence-corrected chi connectivity index (χ0v) is 45.1. The maximum absolute atomic E-state index is 12.4. The summed E-state index contributed by atoms with van der Waals surface area (Å²) in [6.45, 7) is 0. The number of benzene rings is 6. The molecule has 0 saturated heterocycles. The van der Waals surface area contributed by atoms with Crippen LogP contribution in [0, 0.1) is 0 Å². The van der Waals surface area contributed by atoms with Crippen molar-refractivity contribution in [1.29, 1.82) is 0 Å². The van der Waals surface area contributed by atoms with Gasteiger partial charge >= 0.3 is 94.6 Å². The van der Waals surface area contributed by atoms with Crippen molar-refractivity contribution >= 4 is 102 Å². The van der Waals surface area contributed by atoms with E-state index in [4.69, 9.17) is 0 Å². The van der Waals surface area contributed by atoms with Gasteiger partial charge in [0, 0.05) is 33.9 Å². The molecule has 69 heavy (non-hydrogen) atoms. The Labute approximate surface area is 465 Å². The van der Waals surface area contributed by atoms with Gasteiger partial charge < -0.3 is 34.1 Å². The fraction of sp³-hybridized carbons (Fsp3) is 0. The van der Waals surface area contributed by atoms with Crippen molar-refractivity contribution in [1.82, 2.24) is 9.78 Å². The SMILES string of the molecule is O=C(O)c1nn(-c2ccc(S(=O)(=O)[O-])cc2)c(O)c1N=Nc1ccc2cc(S(=O)(=O)O)c(N=Nc3ccc(N=Nc4ccc5cc(S(=O)(=O)[O-])cc(S(=O)(=O)[O-])c5c4)cc3O)c(O)c2c1.[Cu].[Na+].[Na+].[Na+]. The predicted molar refractivity (Wildman–Crippen MR) is 216 cm³/mol. The van der Waals surface area contributed by atoms with Crippen molar-refractivity contribution in [3.63, 3.8) is 0 Å². The van der Waals surface area contributed by atoms with Gasteiger partial charge in [-0.1, -0.05) is 12.1 Å². The van der Waals surface area contributed by atoms with Gasteiger partial charge in [-0.05, 0) is 89.6 Å². The Morgan fingerprint density at radius 1 is 0.551 bits per heavy atom. The van der Waals surface area contributed by atoms with Crippen LogP contribution in [0.25, 0.3) is 27.2 Å². The van der Waals surface area contributed by atoms with Crippen LogP contribution in [0.3, 0.4) is 0 Å². The molecule has 0 aliphatic carbocycles. The molecule has 0 bridgehead atoms. The third kappa shape index (κ3) is 13.2. The van der Waals surface area contributed by atoms with Crippen molar-refractivity contribution in [2.45, 2.75) is 19.6 Å². The topological polar surface area (TPSA) is 416 Å². The maximum atomic E-state index is 12.4. The molecule has 345 valence electrons. The van der Waals surface area contributed by atoms with Gasteiger partial charge in [-0.2, -0.15) is 33.5 Å². The number of aromatic carboxylic acids is 1. The van der Waals surface area contributed by atoms with Crippen molar-refractivity contribution in [3.8, 4) is 23.1 Å². The first-order valence-electron chi connectivity index (χ1n) is 17.3. The molecule has 0 saturated carbocycles. The Morgan fingerprint density at radius 3 is 1.58 bits per heavy atom. The van der Waals surface area contributed by atoms with Crippen molar-refractivity contribution < 1.29 is 183 Å². The summed E-state index contributed by atoms with van der Waals surface area (Å²) in [6, 6.07) is 16.6. The number of fused-ring (bicyclic) bond motifs is 2. The molecule has 0 atom stereocenters. The van der Waals surface area contributed by atoms with Gasteiger partial charge in [0.15, 0.2) is 11.4 Å². The zero-order chi connectivity index (χ0) is 47.4. The Balaban J connectivity index is 0.00000315. The molecule has 0 fully saturated rings. The van der Waals surface area contributed by atoms with Crippen LogP contribution in [0.4, 0.5) is 34.1 Å². The van der Waals surface area contributed by atoms with Gasteiger partial charge in [0.1, 0.15) is 52.4 Å². The maximum Gasteiger partial charge on any atom is 1.00 e. The monoisotopic (exact) mass is 1100 g/mol. The van der Waals surface area contributed by atoms with Gasteiger partial charge in [-0.3, -0.25) is 4.55 Å². The van der Waals surface area contributed by atoms with Crippen LogP contribution in [0.1, 0.15) is 10.5 Å². The zero-order valence-electron chi connectivity index (χ0n) is 34.9. The Kier molecular flexibility index (Phi) is 19.3. The second kappa shape index (κ2) is 22.5. The van der Waals surface area contributed by atoms with E-state index in [0.29, 0.717) is 10.7 Å². The van der Waals surface area contributed by atoms with Crippen LogP contribution in [0.15, 0.2) is 147 Å². The van der Waals surface area contributed by atoms with Crippen molar-refractivity contribution in [3.05, 3.63) is 103 Å². The van der Waals surface area contributed by atoms with E-state index in [1.54, 1.807) is 0 Å². The van der Waals surface area contributed by atoms with Crippen LogP contribution in [0.2, 0.25) is 0 Å². The predicted octanol–water partition coefficient (Wildman–Crippen LogP) is -2.79. The van der Waals surface area contributed by atoms with E-state index in [0.717, 1.165) is 60.7 Å². The third-order valence-corrected chi connectivity index (χ3v) is 12.3. The smallest absolute Gasteiger partial charge is 0.744 e. The van der Waals surface area contributed by atoms with Gasteiger partial charge in [-0.15, -0.1) is 15.3 Å². The fourth-order valence-electron chi connectivity index (χ4n) is 5.94. The average molecular weight is 1100 g/mol. The van der Waals surface area contributed by atoms with E-state index in [1.807, 2.05) is 0 Å². The number of nitrogens with zero attached hydrogens (tertiary/aromatic N) is 8. The number of phenolic OH excluding ortho intramolecular Hbond substituents is 2. The summed E-state index contributed by atoms with van der Waals surface area (Å²) in [5.74, 6) is -4.06. The molecule has 0 unspecified atom stereocenters. The minimum Gasteiger partial charge on any atom is -0.744 e. The van der Waals surface area contributed by atoms with E-state index < -0.39 is 100 Å². The van der Waals surface area contributed by atoms with Crippen molar-refractivity contribution in [2.24, 2.45) is 30.7 Å². The summed E-state index contributed by atoms with van der Waals surface area (Å²) >= 11 is 0. The molecule has 6 aromatic carbocycles. The summed E-state index contributed by atoms with van der Waals surface area (Å²) in [7, 11) is -20.4. The van der Waals surface area contributed by atoms with Crippen LogP contribution in [-0.4, -0.2) is 88.1 Å². The van der Waals surface area contributed by atoms with E-state index >= 15 is 0 Å². The summed E-state index contributed by atoms with van der Waals surface area (Å²) in [5, 5.41) is 68.7. The Hall–Kier alpha value is -4.12. The second-order valence-corrected chi connectivity index (χ2v) is 18.6. The number of carbonyl (C=O) groups is 1. The molecular weight excluding hydrogens is 1080 g/mol. The minimum atomic E-state index is -5.28. The molecule has 7 aromatic rings. The normalized spacial score (nSPS) is 12.2. The summed E-state index contributed by atoms with van der Waals surface area (Å²) in [4.78, 5) is 8.49. The van der Waals surface area contributed by atoms with E-state index in [1.165, 1.54) is 30.3 Å². The number of carboxylic acid groups (broad SMARTS) is 1. The molecule has 0 aliphatic rings. The Bertz CT molecular complexity index is 3750. The van der Waals surface area contributed by atoms with Gasteiger partial charge in [0.25, 0.3) is 10.1 Å². The molecule has 7 rings (SSSR count). The number of carboxylic acids is 1. The van der Waals surface area contributed by atoms with Crippen LogP contribution >= 0.6 is 0 Å². The average Bonchev–Trinajstić information content (AvgIpc) is 3.56. The summed E-state index contributed by atoms with van der Waals surface area (Å²) < 4.78 is 140. The quantitative estimate of drug-likeness (QED) is 0.0469. The van der Waals surface area contributed by atoms with Crippen LogP contribution in [0.5, 0.6) is 17.4 Å². The molecule has 5 N–H and O–H groups in total. The van der Waals surface area contributed by atoms with Gasteiger partial charge in [0.05, 0.1) is 37.4 Å². The standard InChI is InChI=1S/C36H24N8O17S4.Cu.3Na/c45-28-15-21(38-37-19-3-1-17-11-24(63(53,54)55)16-29(25(17)13-19)64(56,57)58)5-10-27(28)40-41-31-30(65(59,60)61)12-18-2-4-20(14-26(18)34(31)46)39-42-32-33(36(48)49)43-44(35(32)47)22-6-8-23(9-7-22)62(50,51)52;;;;/h1-16,45-47H,(H,48,49)(H,50,51,52)(H,53,54,55)(H,56,57,58)(H,59,60,61);;;;/q;;3*+1/p-3. The molecular formula is C36H21CuN8Na3O17S4. The van der Waals surface area contributed by atoms with E-state index in [-0.39, 0.29) is 156 Å². The van der Waals surface area contributed by atoms with Gasteiger partial charge in [-0.25, -0.2) is 30.0 Å². The summed E-state index contributed by atoms with van der Waals surface area (Å²) in [6.07, 6.45) is 0. The molecule has 0 amide bonds. The second-order valence-electron chi connectivity index (χ2n) is 13.1. The number of rotatable bonds is 12. The number of aromatic nitrogens is 2. The third-order valence-electron chi connectivity index (χ3n) is 8.92. The van der Waals surface area contributed by atoms with Crippen molar-refractivity contribution in [2.75, 3.05) is 0 Å². The summed E-state index contributed by atoms with van der Waals surface area (Å²) in [5.41, 5.74) is -2.96. The number of phenols is 2. The molecule has 1 heterocycles. The van der Waals surface area contributed by atoms with E-state index in [9.17, 15) is 77.1 Å². The first-order valence-corrected chi connectivity index (χ1v) is 22.9. The molecule has 33 heteroatoms. The van der Waals surface area contributed by atoms with Crippen LogP contribution < -0.4 is 88.7 Å². The molecule has 0 spiro atoms. The number of hydrogen-bond acceptors (Lipinski definition) is 22. The number of hydrogen-bond donors (Lipinski definition) is 5. The van der Waals surface area contributed by atoms with Gasteiger partial charge in [0.2, 0.25) is 11.6 Å². The first kappa shape index (κ1) is 59.2.